The van der Waals surface area contributed by atoms with Crippen LogP contribution in [0.2, 0.25) is 0 Å². The Morgan fingerprint density at radius 3 is 3.06 bits per heavy atom. The van der Waals surface area contributed by atoms with E-state index in [1.54, 1.807) is 0 Å². The van der Waals surface area contributed by atoms with Crippen LogP contribution in [0.15, 0.2) is 15.5 Å². The van der Waals surface area contributed by atoms with Gasteiger partial charge in [-0.3, -0.25) is 4.79 Å². The summed E-state index contributed by atoms with van der Waals surface area (Å²) in [5, 5.41) is 16.7. The molecule has 0 saturated heterocycles. The Hall–Kier alpha value is -1.32. The number of rotatable bonds is 5. The highest BCUT2D eigenvalue weighted by Gasteiger charge is 2.29. The van der Waals surface area contributed by atoms with Crippen molar-refractivity contribution in [3.63, 3.8) is 0 Å². The van der Waals surface area contributed by atoms with Crippen molar-refractivity contribution in [2.75, 3.05) is 11.9 Å². The summed E-state index contributed by atoms with van der Waals surface area (Å²) in [6.07, 6.45) is 8.45. The van der Waals surface area contributed by atoms with Gasteiger partial charge in [0, 0.05) is 6.54 Å². The second-order valence-corrected chi connectivity index (χ2v) is 5.12. The highest BCUT2D eigenvalue weighted by molar-refractivity contribution is 9.10. The molecule has 5 nitrogen and oxygen atoms in total. The number of nitrogens with one attached hydrogen (secondary N) is 1. The molecule has 2 rings (SSSR count). The van der Waals surface area contributed by atoms with Gasteiger partial charge < -0.3 is 10.4 Å². The maximum absolute atomic E-state index is 11.8. The van der Waals surface area contributed by atoms with Crippen LogP contribution in [-0.2, 0) is 6.54 Å². The first-order chi connectivity index (χ1) is 8.63. The summed E-state index contributed by atoms with van der Waals surface area (Å²) in [6.45, 7) is 0.561. The molecule has 1 atom stereocenters. The number of aliphatic hydroxyl groups excluding tert-OH is 1. The van der Waals surface area contributed by atoms with E-state index < -0.39 is 0 Å². The molecule has 6 heteroatoms. The van der Waals surface area contributed by atoms with Gasteiger partial charge in [0.05, 0.1) is 18.0 Å². The molecule has 1 unspecified atom stereocenters. The van der Waals surface area contributed by atoms with Gasteiger partial charge in [-0.25, -0.2) is 4.68 Å². The Morgan fingerprint density at radius 2 is 2.44 bits per heavy atom. The Balaban J connectivity index is 2.07. The zero-order chi connectivity index (χ0) is 13.1. The van der Waals surface area contributed by atoms with Crippen LogP contribution in [0.1, 0.15) is 12.8 Å². The molecule has 1 aliphatic rings. The summed E-state index contributed by atoms with van der Waals surface area (Å²) < 4.78 is 1.59. The topological polar surface area (TPSA) is 67.2 Å². The molecule has 1 aromatic heterocycles. The molecule has 0 spiro atoms. The number of halogens is 1. The predicted molar refractivity (Wildman–Crippen MR) is 72.3 cm³/mol. The maximum atomic E-state index is 11.8. The van der Waals surface area contributed by atoms with Crippen molar-refractivity contribution in [2.45, 2.75) is 25.5 Å². The molecule has 18 heavy (non-hydrogen) atoms. The standard InChI is InChI=1S/C12H14BrN3O2/c1-2-5-16-12(18)11(13)9(6-15-16)14-7-10(17)8-3-4-8/h1,6,8,10,14,17H,3-5,7H2. The second-order valence-electron chi connectivity index (χ2n) is 4.32. The highest BCUT2D eigenvalue weighted by Crippen LogP contribution is 2.32. The third kappa shape index (κ3) is 2.92. The summed E-state index contributed by atoms with van der Waals surface area (Å²) >= 11 is 3.22. The van der Waals surface area contributed by atoms with Gasteiger partial charge >= 0.3 is 0 Å². The Morgan fingerprint density at radius 1 is 1.72 bits per heavy atom. The van der Waals surface area contributed by atoms with Gasteiger partial charge in [-0.15, -0.1) is 6.42 Å². The SMILES string of the molecule is C#CCn1ncc(NCC(O)C2CC2)c(Br)c1=O. The van der Waals surface area contributed by atoms with E-state index >= 15 is 0 Å². The zero-order valence-electron chi connectivity index (χ0n) is 9.77. The van der Waals surface area contributed by atoms with Crippen molar-refractivity contribution in [1.29, 1.82) is 0 Å². The van der Waals surface area contributed by atoms with Gasteiger partial charge in [0.15, 0.2) is 0 Å². The van der Waals surface area contributed by atoms with E-state index in [-0.39, 0.29) is 18.2 Å². The van der Waals surface area contributed by atoms with E-state index in [4.69, 9.17) is 6.42 Å². The van der Waals surface area contributed by atoms with Gasteiger partial charge in [0.25, 0.3) is 5.56 Å². The van der Waals surface area contributed by atoms with E-state index in [1.807, 2.05) is 0 Å². The summed E-state index contributed by atoms with van der Waals surface area (Å²) in [5.74, 6) is 2.76. The largest absolute Gasteiger partial charge is 0.391 e. The van der Waals surface area contributed by atoms with E-state index in [9.17, 15) is 9.90 Å². The van der Waals surface area contributed by atoms with Crippen molar-refractivity contribution in [1.82, 2.24) is 9.78 Å². The fraction of sp³-hybridized carbons (Fsp3) is 0.500. The van der Waals surface area contributed by atoms with E-state index in [2.05, 4.69) is 32.3 Å². The summed E-state index contributed by atoms with van der Waals surface area (Å²) in [6, 6.07) is 0. The summed E-state index contributed by atoms with van der Waals surface area (Å²) in [7, 11) is 0. The number of aromatic nitrogens is 2. The molecule has 0 radical (unpaired) electrons. The lowest BCUT2D eigenvalue weighted by Gasteiger charge is -2.13. The van der Waals surface area contributed by atoms with Crippen molar-refractivity contribution >= 4 is 21.6 Å². The van der Waals surface area contributed by atoms with Crippen LogP contribution in [-0.4, -0.2) is 27.5 Å². The number of anilines is 1. The normalized spacial score (nSPS) is 16.1. The van der Waals surface area contributed by atoms with Crippen LogP contribution >= 0.6 is 15.9 Å². The van der Waals surface area contributed by atoms with Crippen molar-refractivity contribution in [2.24, 2.45) is 5.92 Å². The van der Waals surface area contributed by atoms with Crippen molar-refractivity contribution < 1.29 is 5.11 Å². The molecule has 1 heterocycles. The Kier molecular flexibility index (Phi) is 4.04. The molecule has 1 saturated carbocycles. The molecule has 96 valence electrons. The van der Waals surface area contributed by atoms with Crippen LogP contribution in [0.25, 0.3) is 0 Å². The predicted octanol–water partition coefficient (Wildman–Crippen LogP) is 0.822. The van der Waals surface area contributed by atoms with Crippen LogP contribution in [0.5, 0.6) is 0 Å². The van der Waals surface area contributed by atoms with Gasteiger partial charge in [0.2, 0.25) is 0 Å². The van der Waals surface area contributed by atoms with Crippen LogP contribution < -0.4 is 10.9 Å². The first-order valence-corrected chi connectivity index (χ1v) is 6.53. The second kappa shape index (κ2) is 5.55. The fourth-order valence-electron chi connectivity index (χ4n) is 1.65. The van der Waals surface area contributed by atoms with Crippen LogP contribution in [0.4, 0.5) is 5.69 Å². The summed E-state index contributed by atoms with van der Waals surface area (Å²) in [5.41, 5.74) is 0.298. The third-order valence-electron chi connectivity index (χ3n) is 2.89. The lowest BCUT2D eigenvalue weighted by Crippen LogP contribution is -2.26. The van der Waals surface area contributed by atoms with Gasteiger partial charge in [-0.05, 0) is 34.7 Å². The van der Waals surface area contributed by atoms with Crippen molar-refractivity contribution in [3.8, 4) is 12.3 Å². The number of terminal acetylenes is 1. The summed E-state index contributed by atoms with van der Waals surface area (Å²) in [4.78, 5) is 11.8. The minimum absolute atomic E-state index is 0.141. The Labute approximate surface area is 113 Å². The smallest absolute Gasteiger partial charge is 0.284 e. The number of hydrogen-bond donors (Lipinski definition) is 2. The minimum atomic E-state index is -0.370. The molecular formula is C12H14BrN3O2. The zero-order valence-corrected chi connectivity index (χ0v) is 11.4. The lowest BCUT2D eigenvalue weighted by molar-refractivity contribution is 0.164. The fourth-order valence-corrected chi connectivity index (χ4v) is 2.10. The van der Waals surface area contributed by atoms with Gasteiger partial charge in [-0.2, -0.15) is 5.10 Å². The molecule has 0 amide bonds. The molecule has 1 fully saturated rings. The van der Waals surface area contributed by atoms with E-state index in [0.717, 1.165) is 12.8 Å². The van der Waals surface area contributed by atoms with E-state index in [1.165, 1.54) is 10.9 Å². The molecular weight excluding hydrogens is 298 g/mol. The average Bonchev–Trinajstić information content (AvgIpc) is 3.18. The van der Waals surface area contributed by atoms with Crippen molar-refractivity contribution in [3.05, 3.63) is 21.0 Å². The Bertz CT molecular complexity index is 531. The monoisotopic (exact) mass is 311 g/mol. The first kappa shape index (κ1) is 13.1. The molecule has 0 aliphatic heterocycles. The third-order valence-corrected chi connectivity index (χ3v) is 3.66. The number of aliphatic hydroxyl groups is 1. The van der Waals surface area contributed by atoms with E-state index in [0.29, 0.717) is 22.6 Å². The quantitative estimate of drug-likeness (QED) is 0.790. The average molecular weight is 312 g/mol. The minimum Gasteiger partial charge on any atom is -0.391 e. The molecule has 1 aliphatic carbocycles. The van der Waals surface area contributed by atoms with Crippen LogP contribution in [0.3, 0.4) is 0 Å². The lowest BCUT2D eigenvalue weighted by atomic mass is 10.2. The highest BCUT2D eigenvalue weighted by atomic mass is 79.9. The molecule has 0 bridgehead atoms. The first-order valence-electron chi connectivity index (χ1n) is 5.74. The maximum Gasteiger partial charge on any atom is 0.284 e. The number of nitrogens with zero attached hydrogens (tertiary/aromatic N) is 2. The molecule has 1 aromatic rings. The number of hydrogen-bond acceptors (Lipinski definition) is 4. The van der Waals surface area contributed by atoms with Gasteiger partial charge in [0.1, 0.15) is 11.0 Å². The van der Waals surface area contributed by atoms with Gasteiger partial charge in [-0.1, -0.05) is 5.92 Å². The molecule has 2 N–H and O–H groups in total. The van der Waals surface area contributed by atoms with Crippen LogP contribution in [0, 0.1) is 18.3 Å². The molecule has 0 aromatic carbocycles.